The third-order valence-corrected chi connectivity index (χ3v) is 12.6. The Kier molecular flexibility index (Phi) is 11.4. The Balaban J connectivity index is 0.762. The van der Waals surface area contributed by atoms with Gasteiger partial charge in [-0.25, -0.2) is 4.79 Å². The predicted octanol–water partition coefficient (Wildman–Crippen LogP) is 4.17. The summed E-state index contributed by atoms with van der Waals surface area (Å²) in [6.45, 7) is 7.31. The number of ether oxygens (including phenoxy) is 1. The van der Waals surface area contributed by atoms with Crippen LogP contribution in [0.15, 0.2) is 90.3 Å². The fourth-order valence-electron chi connectivity index (χ4n) is 9.24. The van der Waals surface area contributed by atoms with Crippen molar-refractivity contribution in [3.8, 4) is 11.5 Å². The summed E-state index contributed by atoms with van der Waals surface area (Å²) in [4.78, 5) is 58.2. The second kappa shape index (κ2) is 16.9. The van der Waals surface area contributed by atoms with E-state index in [4.69, 9.17) is 15.9 Å². The standard InChI is InChI=1S/C44H53N9O5/c45-40(31-6-12-35(13-7-31)58-34-4-2-1-3-5-34)39(41(46)56)42-47-21-14-36(48-42)30-15-23-52(24-16-30)38(55)18-22-50-28-44(29-50)19-26-51(27-20-44)32-8-10-33(11-9-32)53-25-17-37(54)49-43(53)57/h1-13,30,36,45,47-48H,14-29H2,(H2,46,56)(H,49,54,57)/b42-39+,45-40?/t36-/m0/s1. The van der Waals surface area contributed by atoms with Crippen molar-refractivity contribution < 1.29 is 23.9 Å². The fraction of sp³-hybridized carbons (Fsp3) is 0.432. The van der Waals surface area contributed by atoms with Gasteiger partial charge in [-0.2, -0.15) is 0 Å². The van der Waals surface area contributed by atoms with E-state index in [2.05, 4.69) is 37.9 Å². The average Bonchev–Trinajstić information content (AvgIpc) is 3.23. The first-order valence-electron chi connectivity index (χ1n) is 20.6. The van der Waals surface area contributed by atoms with Crippen LogP contribution in [0.5, 0.6) is 11.5 Å². The van der Waals surface area contributed by atoms with Crippen molar-refractivity contribution in [3.05, 3.63) is 95.8 Å². The van der Waals surface area contributed by atoms with Crippen LogP contribution in [0.4, 0.5) is 16.2 Å². The molecule has 5 amide bonds. The molecule has 0 radical (unpaired) electrons. The Morgan fingerprint density at radius 1 is 0.828 bits per heavy atom. The average molecular weight is 788 g/mol. The maximum absolute atomic E-state index is 13.3. The molecule has 5 fully saturated rings. The molecule has 0 unspecified atom stereocenters. The minimum absolute atomic E-state index is 0.0442. The number of piperidine rings is 2. The summed E-state index contributed by atoms with van der Waals surface area (Å²) < 4.78 is 5.89. The number of urea groups is 1. The number of carbonyl (C=O) groups excluding carboxylic acids is 4. The van der Waals surface area contributed by atoms with Crippen molar-refractivity contribution in [1.29, 1.82) is 5.41 Å². The lowest BCUT2D eigenvalue weighted by molar-refractivity contribution is -0.134. The van der Waals surface area contributed by atoms with Crippen molar-refractivity contribution in [1.82, 2.24) is 25.8 Å². The number of hydrogen-bond acceptors (Lipinski definition) is 10. The summed E-state index contributed by atoms with van der Waals surface area (Å²) in [5, 5.41) is 18.1. The Morgan fingerprint density at radius 3 is 2.17 bits per heavy atom. The van der Waals surface area contributed by atoms with Gasteiger partial charge in [0.1, 0.15) is 22.9 Å². The zero-order valence-electron chi connectivity index (χ0n) is 32.9. The number of likely N-dealkylation sites (tertiary alicyclic amines) is 2. The largest absolute Gasteiger partial charge is 0.457 e. The molecule has 1 spiro atoms. The van der Waals surface area contributed by atoms with E-state index >= 15 is 0 Å². The molecule has 3 aromatic rings. The Morgan fingerprint density at radius 2 is 1.50 bits per heavy atom. The number of nitrogens with two attached hydrogens (primary N) is 1. The molecule has 3 aromatic carbocycles. The molecule has 0 saturated carbocycles. The number of imide groups is 1. The highest BCUT2D eigenvalue weighted by Crippen LogP contribution is 2.41. The van der Waals surface area contributed by atoms with E-state index < -0.39 is 5.91 Å². The van der Waals surface area contributed by atoms with E-state index in [0.717, 1.165) is 89.3 Å². The summed E-state index contributed by atoms with van der Waals surface area (Å²) in [6.07, 6.45) is 5.70. The Bertz CT molecular complexity index is 2030. The predicted molar refractivity (Wildman–Crippen MR) is 222 cm³/mol. The molecule has 14 heteroatoms. The van der Waals surface area contributed by atoms with Crippen LogP contribution >= 0.6 is 0 Å². The summed E-state index contributed by atoms with van der Waals surface area (Å²) in [7, 11) is 0. The second-order valence-electron chi connectivity index (χ2n) is 16.3. The lowest BCUT2D eigenvalue weighted by Crippen LogP contribution is -2.60. The fourth-order valence-corrected chi connectivity index (χ4v) is 9.24. The molecule has 1 atom stereocenters. The summed E-state index contributed by atoms with van der Waals surface area (Å²) in [6, 6.07) is 24.3. The lowest BCUT2D eigenvalue weighted by atomic mass is 9.72. The van der Waals surface area contributed by atoms with Gasteiger partial charge in [0.15, 0.2) is 0 Å². The smallest absolute Gasteiger partial charge is 0.328 e. The first-order chi connectivity index (χ1) is 28.1. The molecule has 0 aromatic heterocycles. The van der Waals surface area contributed by atoms with Gasteiger partial charge in [0.2, 0.25) is 11.8 Å². The number of para-hydroxylation sites is 1. The van der Waals surface area contributed by atoms with Gasteiger partial charge in [0, 0.05) is 94.7 Å². The molecule has 5 aliphatic heterocycles. The number of carbonyl (C=O) groups is 4. The highest BCUT2D eigenvalue weighted by molar-refractivity contribution is 6.26. The Hall–Kier alpha value is -5.89. The van der Waals surface area contributed by atoms with Crippen LogP contribution in [0.2, 0.25) is 0 Å². The van der Waals surface area contributed by atoms with Crippen molar-refractivity contribution in [2.24, 2.45) is 17.1 Å². The van der Waals surface area contributed by atoms with Crippen LogP contribution in [-0.4, -0.2) is 104 Å². The van der Waals surface area contributed by atoms with Gasteiger partial charge in [-0.05, 0) is 104 Å². The first-order valence-corrected chi connectivity index (χ1v) is 20.6. The normalized spacial score (nSPS) is 22.0. The van der Waals surface area contributed by atoms with Crippen molar-refractivity contribution in [2.45, 2.75) is 51.0 Å². The number of anilines is 2. The zero-order chi connectivity index (χ0) is 40.2. The summed E-state index contributed by atoms with van der Waals surface area (Å²) in [5.74, 6) is 1.49. The van der Waals surface area contributed by atoms with Crippen molar-refractivity contribution in [2.75, 3.05) is 68.7 Å². The van der Waals surface area contributed by atoms with Crippen LogP contribution in [0.25, 0.3) is 0 Å². The number of amides is 5. The van der Waals surface area contributed by atoms with Gasteiger partial charge < -0.3 is 35.8 Å². The highest BCUT2D eigenvalue weighted by atomic mass is 16.5. The molecule has 5 aliphatic rings. The van der Waals surface area contributed by atoms with E-state index in [1.54, 1.807) is 29.2 Å². The number of rotatable bonds is 11. The number of primary amides is 1. The summed E-state index contributed by atoms with van der Waals surface area (Å²) in [5.41, 5.74) is 8.86. The van der Waals surface area contributed by atoms with E-state index in [1.165, 1.54) is 0 Å². The van der Waals surface area contributed by atoms with Gasteiger partial charge in [0.25, 0.3) is 5.91 Å². The molecule has 304 valence electrons. The number of hydrogen-bond donors (Lipinski definition) is 5. The maximum Gasteiger partial charge on any atom is 0.328 e. The molecule has 0 bridgehead atoms. The van der Waals surface area contributed by atoms with E-state index in [0.29, 0.717) is 60.1 Å². The molecule has 58 heavy (non-hydrogen) atoms. The van der Waals surface area contributed by atoms with Crippen molar-refractivity contribution in [3.63, 3.8) is 0 Å². The molecule has 5 saturated heterocycles. The van der Waals surface area contributed by atoms with Gasteiger partial charge >= 0.3 is 6.03 Å². The molecule has 0 aliphatic carbocycles. The van der Waals surface area contributed by atoms with Crippen LogP contribution in [0, 0.1) is 16.7 Å². The summed E-state index contributed by atoms with van der Waals surface area (Å²) >= 11 is 0. The van der Waals surface area contributed by atoms with Gasteiger partial charge in [0.05, 0.1) is 5.71 Å². The zero-order valence-corrected chi connectivity index (χ0v) is 32.9. The topological polar surface area (TPSA) is 176 Å². The minimum Gasteiger partial charge on any atom is -0.457 e. The number of nitrogens with zero attached hydrogens (tertiary/aromatic N) is 4. The Labute approximate surface area is 339 Å². The first kappa shape index (κ1) is 39.0. The van der Waals surface area contributed by atoms with Crippen molar-refractivity contribution >= 4 is 40.8 Å². The molecule has 6 N–H and O–H groups in total. The molecule has 8 rings (SSSR count). The maximum atomic E-state index is 13.3. The number of nitrogens with one attached hydrogen (secondary N) is 4. The van der Waals surface area contributed by atoms with Gasteiger partial charge in [-0.3, -0.25) is 30.0 Å². The quantitative estimate of drug-likeness (QED) is 0.141. The highest BCUT2D eigenvalue weighted by Gasteiger charge is 2.45. The van der Waals surface area contributed by atoms with E-state index in [9.17, 15) is 19.2 Å². The molecule has 14 nitrogen and oxygen atoms in total. The minimum atomic E-state index is -0.668. The van der Waals surface area contributed by atoms with Gasteiger partial charge in [-0.1, -0.05) is 18.2 Å². The SMILES string of the molecule is N=C(/C(C(N)=O)=C1/NCC[C@@H](C2CCN(C(=O)CCN3CC4(CCN(c5ccc(N6CCC(=O)NC6=O)cc5)CC4)C3)CC2)N1)c1ccc(Oc2ccccc2)cc1. The van der Waals surface area contributed by atoms with Crippen LogP contribution < -0.4 is 36.2 Å². The third kappa shape index (κ3) is 8.66. The van der Waals surface area contributed by atoms with Crippen LogP contribution in [0.1, 0.15) is 50.5 Å². The molecular weight excluding hydrogens is 735 g/mol. The lowest BCUT2D eigenvalue weighted by Gasteiger charge is -2.54. The van der Waals surface area contributed by atoms with Gasteiger partial charge in [-0.15, -0.1) is 0 Å². The van der Waals surface area contributed by atoms with E-state index in [1.807, 2.05) is 47.4 Å². The molecular formula is C44H53N9O5. The molecule has 5 heterocycles. The van der Waals surface area contributed by atoms with Crippen LogP contribution in [-0.2, 0) is 14.4 Å². The van der Waals surface area contributed by atoms with E-state index in [-0.39, 0.29) is 35.2 Å². The monoisotopic (exact) mass is 787 g/mol. The number of benzene rings is 3. The van der Waals surface area contributed by atoms with Crippen LogP contribution in [0.3, 0.4) is 0 Å². The second-order valence-corrected chi connectivity index (χ2v) is 16.3. The third-order valence-electron chi connectivity index (χ3n) is 12.6.